The molecule has 106 valence electrons. The van der Waals surface area contributed by atoms with Gasteiger partial charge in [0, 0.05) is 37.6 Å². The Hall–Kier alpha value is -1.47. The Bertz CT molecular complexity index is 497. The van der Waals surface area contributed by atoms with Crippen LogP contribution in [0.4, 0.5) is 8.78 Å². The van der Waals surface area contributed by atoms with E-state index in [1.165, 1.54) is 6.20 Å². The van der Waals surface area contributed by atoms with Gasteiger partial charge in [0.05, 0.1) is 11.9 Å². The normalized spacial score (nSPS) is 10.7. The molecule has 0 bridgehead atoms. The Labute approximate surface area is 116 Å². The molecule has 0 saturated carbocycles. The van der Waals surface area contributed by atoms with E-state index in [4.69, 9.17) is 0 Å². The summed E-state index contributed by atoms with van der Waals surface area (Å²) < 4.78 is 27.6. The number of aryl methyl sites for hydroxylation is 1. The van der Waals surface area contributed by atoms with Crippen LogP contribution < -0.4 is 5.32 Å². The second-order valence-electron chi connectivity index (χ2n) is 3.85. The molecule has 0 aliphatic heterocycles. The molecule has 0 unspecified atom stereocenters. The third-order valence-corrected chi connectivity index (χ3v) is 2.58. The average molecular weight is 292 g/mol. The number of halogens is 3. The Morgan fingerprint density at radius 2 is 2.11 bits per heavy atom. The van der Waals surface area contributed by atoms with Gasteiger partial charge in [0.1, 0.15) is 0 Å². The molecular formula is C11H16ClF2N5. The van der Waals surface area contributed by atoms with Crippen molar-refractivity contribution in [2.24, 2.45) is 0 Å². The summed E-state index contributed by atoms with van der Waals surface area (Å²) in [5, 5.41) is 10.8. The lowest BCUT2D eigenvalue weighted by atomic mass is 10.3. The molecule has 0 fully saturated rings. The molecule has 2 heterocycles. The number of hydrogen-bond acceptors (Lipinski definition) is 3. The van der Waals surface area contributed by atoms with E-state index in [2.05, 4.69) is 15.5 Å². The van der Waals surface area contributed by atoms with Gasteiger partial charge in [0.15, 0.2) is 0 Å². The van der Waals surface area contributed by atoms with Gasteiger partial charge < -0.3 is 5.32 Å². The van der Waals surface area contributed by atoms with Gasteiger partial charge in [-0.3, -0.25) is 4.68 Å². The van der Waals surface area contributed by atoms with Crippen LogP contribution in [0.5, 0.6) is 0 Å². The fraction of sp³-hybridized carbons (Fsp3) is 0.455. The van der Waals surface area contributed by atoms with E-state index >= 15 is 0 Å². The van der Waals surface area contributed by atoms with E-state index in [-0.39, 0.29) is 12.4 Å². The lowest BCUT2D eigenvalue weighted by Gasteiger charge is -2.06. The van der Waals surface area contributed by atoms with Gasteiger partial charge in [0.2, 0.25) is 0 Å². The number of hydrogen-bond donors (Lipinski definition) is 1. The molecule has 2 aromatic heterocycles. The quantitative estimate of drug-likeness (QED) is 0.888. The molecule has 0 atom stereocenters. The topological polar surface area (TPSA) is 47.7 Å². The Balaban J connectivity index is 0.00000180. The molecule has 5 nitrogen and oxygen atoms in total. The Morgan fingerprint density at radius 1 is 1.32 bits per heavy atom. The summed E-state index contributed by atoms with van der Waals surface area (Å²) in [6, 6.07) is 1.58. The maximum atomic E-state index is 12.5. The zero-order chi connectivity index (χ0) is 13.0. The van der Waals surface area contributed by atoms with Gasteiger partial charge in [-0.15, -0.1) is 12.4 Å². The number of rotatable bonds is 6. The highest BCUT2D eigenvalue weighted by molar-refractivity contribution is 5.85. The smallest absolute Gasteiger partial charge is 0.307 e. The first-order valence-corrected chi connectivity index (χ1v) is 5.73. The highest BCUT2D eigenvalue weighted by Gasteiger charge is 2.10. The minimum absolute atomic E-state index is 0. The molecule has 0 radical (unpaired) electrons. The molecule has 19 heavy (non-hydrogen) atoms. The molecule has 0 aromatic carbocycles. The van der Waals surface area contributed by atoms with Crippen molar-refractivity contribution in [2.75, 3.05) is 0 Å². The van der Waals surface area contributed by atoms with Gasteiger partial charge in [-0.1, -0.05) is 0 Å². The molecule has 2 rings (SSSR count). The van der Waals surface area contributed by atoms with Gasteiger partial charge >= 0.3 is 6.55 Å². The maximum Gasteiger partial charge on any atom is 0.333 e. The van der Waals surface area contributed by atoms with Crippen molar-refractivity contribution in [3.63, 3.8) is 0 Å². The molecule has 0 aliphatic rings. The number of aromatic nitrogens is 4. The molecule has 0 spiro atoms. The maximum absolute atomic E-state index is 12.5. The van der Waals surface area contributed by atoms with E-state index in [0.717, 1.165) is 12.1 Å². The summed E-state index contributed by atoms with van der Waals surface area (Å²) in [7, 11) is 0. The summed E-state index contributed by atoms with van der Waals surface area (Å²) in [5.74, 6) is 0. The first-order valence-electron chi connectivity index (χ1n) is 5.73. The van der Waals surface area contributed by atoms with Crippen LogP contribution >= 0.6 is 12.4 Å². The summed E-state index contributed by atoms with van der Waals surface area (Å²) >= 11 is 0. The standard InChI is InChI=1S/C11H15F2N5.ClH/c1-2-17-8-9(6-16-17)5-14-7-10-3-4-15-18(10)11(12)13;/h3-4,6,8,11,14H,2,5,7H2,1H3;1H. The van der Waals surface area contributed by atoms with Crippen LogP contribution in [0.3, 0.4) is 0 Å². The summed E-state index contributed by atoms with van der Waals surface area (Å²) in [6.45, 7) is 1.17. The third-order valence-electron chi connectivity index (χ3n) is 2.58. The van der Waals surface area contributed by atoms with Crippen LogP contribution in [0.2, 0.25) is 0 Å². The number of nitrogens with zero attached hydrogens (tertiary/aromatic N) is 4. The number of nitrogens with one attached hydrogen (secondary N) is 1. The van der Waals surface area contributed by atoms with E-state index in [1.807, 2.05) is 17.8 Å². The monoisotopic (exact) mass is 291 g/mol. The van der Waals surface area contributed by atoms with Crippen molar-refractivity contribution >= 4 is 12.4 Å². The van der Waals surface area contributed by atoms with Crippen LogP contribution in [-0.2, 0) is 19.6 Å². The summed E-state index contributed by atoms with van der Waals surface area (Å²) in [6.07, 6.45) is 5.07. The van der Waals surface area contributed by atoms with Crippen molar-refractivity contribution in [2.45, 2.75) is 33.1 Å². The Kier molecular flexibility index (Phi) is 5.91. The van der Waals surface area contributed by atoms with Gasteiger partial charge in [-0.25, -0.2) is 4.68 Å². The first kappa shape index (κ1) is 15.6. The predicted molar refractivity (Wildman–Crippen MR) is 69.2 cm³/mol. The van der Waals surface area contributed by atoms with Crippen molar-refractivity contribution in [3.8, 4) is 0 Å². The largest absolute Gasteiger partial charge is 0.333 e. The van der Waals surface area contributed by atoms with Crippen molar-refractivity contribution < 1.29 is 8.78 Å². The highest BCUT2D eigenvalue weighted by Crippen LogP contribution is 2.11. The zero-order valence-corrected chi connectivity index (χ0v) is 11.3. The second kappa shape index (κ2) is 7.20. The van der Waals surface area contributed by atoms with Crippen LogP contribution in [0, 0.1) is 0 Å². The van der Waals surface area contributed by atoms with Gasteiger partial charge in [-0.2, -0.15) is 19.0 Å². The Morgan fingerprint density at radius 3 is 2.74 bits per heavy atom. The van der Waals surface area contributed by atoms with Crippen LogP contribution in [0.25, 0.3) is 0 Å². The van der Waals surface area contributed by atoms with Gasteiger partial charge in [0.25, 0.3) is 0 Å². The summed E-state index contributed by atoms with van der Waals surface area (Å²) in [5.41, 5.74) is 1.49. The molecule has 8 heteroatoms. The fourth-order valence-corrected chi connectivity index (χ4v) is 1.66. The van der Waals surface area contributed by atoms with Crippen molar-refractivity contribution in [1.82, 2.24) is 24.9 Å². The SMILES string of the molecule is CCn1cc(CNCc2ccnn2C(F)F)cn1.Cl. The van der Waals surface area contributed by atoms with E-state index in [9.17, 15) is 8.78 Å². The average Bonchev–Trinajstić information content (AvgIpc) is 2.97. The molecular weight excluding hydrogens is 276 g/mol. The molecule has 1 N–H and O–H groups in total. The predicted octanol–water partition coefficient (Wildman–Crippen LogP) is 2.21. The van der Waals surface area contributed by atoms with Crippen molar-refractivity contribution in [1.29, 1.82) is 0 Å². The van der Waals surface area contributed by atoms with Gasteiger partial charge in [-0.05, 0) is 13.0 Å². The zero-order valence-electron chi connectivity index (χ0n) is 10.5. The molecule has 0 saturated heterocycles. The van der Waals surface area contributed by atoms with E-state index in [0.29, 0.717) is 23.5 Å². The highest BCUT2D eigenvalue weighted by atomic mass is 35.5. The second-order valence-corrected chi connectivity index (χ2v) is 3.85. The number of alkyl halides is 2. The first-order chi connectivity index (χ1) is 8.70. The minimum atomic E-state index is -2.60. The van der Waals surface area contributed by atoms with Crippen LogP contribution in [-0.4, -0.2) is 19.6 Å². The lowest BCUT2D eigenvalue weighted by molar-refractivity contribution is 0.0531. The minimum Gasteiger partial charge on any atom is -0.307 e. The van der Waals surface area contributed by atoms with Crippen molar-refractivity contribution in [3.05, 3.63) is 35.9 Å². The molecule has 0 amide bonds. The summed E-state index contributed by atoms with van der Waals surface area (Å²) in [4.78, 5) is 0. The lowest BCUT2D eigenvalue weighted by Crippen LogP contribution is -2.16. The van der Waals surface area contributed by atoms with Crippen LogP contribution in [0.15, 0.2) is 24.7 Å². The molecule has 2 aromatic rings. The van der Waals surface area contributed by atoms with Crippen LogP contribution in [0.1, 0.15) is 24.7 Å². The molecule has 0 aliphatic carbocycles. The van der Waals surface area contributed by atoms with E-state index in [1.54, 1.807) is 12.3 Å². The fourth-order valence-electron chi connectivity index (χ4n) is 1.66. The van der Waals surface area contributed by atoms with E-state index < -0.39 is 6.55 Å². The third kappa shape index (κ3) is 4.00.